The molecule has 0 unspecified atom stereocenters. The SMILES string of the molecule is O=C(C=Cc1cc(Cl)cc(Cl)c1)N1CCC(N2CCN(C(=O)c3ccc4[nH]nnc4c3)CC2)CC1. The molecule has 35 heavy (non-hydrogen) atoms. The van der Waals surface area contributed by atoms with Crippen LogP contribution in [0.3, 0.4) is 0 Å². The Morgan fingerprint density at radius 3 is 2.34 bits per heavy atom. The zero-order valence-corrected chi connectivity index (χ0v) is 20.7. The maximum absolute atomic E-state index is 13.0. The van der Waals surface area contributed by atoms with Crippen LogP contribution in [-0.4, -0.2) is 87.2 Å². The fraction of sp³-hybridized carbons (Fsp3) is 0.360. The van der Waals surface area contributed by atoms with Gasteiger partial charge in [0.2, 0.25) is 5.91 Å². The lowest BCUT2D eigenvalue weighted by atomic mass is 10.0. The van der Waals surface area contributed by atoms with E-state index in [1.54, 1.807) is 36.4 Å². The van der Waals surface area contributed by atoms with E-state index in [0.29, 0.717) is 40.3 Å². The third-order valence-corrected chi connectivity index (χ3v) is 7.21. The van der Waals surface area contributed by atoms with Gasteiger partial charge in [-0.1, -0.05) is 28.4 Å². The number of hydrogen-bond donors (Lipinski definition) is 1. The number of nitrogens with zero attached hydrogens (tertiary/aromatic N) is 5. The van der Waals surface area contributed by atoms with Crippen LogP contribution in [0.5, 0.6) is 0 Å². The molecule has 0 radical (unpaired) electrons. The van der Waals surface area contributed by atoms with Gasteiger partial charge in [0.25, 0.3) is 5.91 Å². The molecule has 182 valence electrons. The van der Waals surface area contributed by atoms with Crippen LogP contribution in [0.25, 0.3) is 17.1 Å². The van der Waals surface area contributed by atoms with Crippen molar-refractivity contribution in [3.05, 3.63) is 63.6 Å². The predicted molar refractivity (Wildman–Crippen MR) is 136 cm³/mol. The van der Waals surface area contributed by atoms with Crippen LogP contribution in [0.15, 0.2) is 42.5 Å². The first kappa shape index (κ1) is 23.8. The average Bonchev–Trinajstić information content (AvgIpc) is 3.34. The molecule has 5 rings (SSSR count). The van der Waals surface area contributed by atoms with Crippen LogP contribution in [0.1, 0.15) is 28.8 Å². The Kier molecular flexibility index (Phi) is 7.04. The van der Waals surface area contributed by atoms with Crippen molar-refractivity contribution < 1.29 is 9.59 Å². The molecule has 0 aliphatic carbocycles. The minimum absolute atomic E-state index is 0.000884. The molecule has 1 N–H and O–H groups in total. The Morgan fingerprint density at radius 1 is 0.914 bits per heavy atom. The van der Waals surface area contributed by atoms with Crippen LogP contribution < -0.4 is 0 Å². The molecular formula is C25H26Cl2N6O2. The number of hydrogen-bond acceptors (Lipinski definition) is 5. The molecule has 1 aromatic heterocycles. The molecule has 10 heteroatoms. The first-order valence-corrected chi connectivity index (χ1v) is 12.5. The van der Waals surface area contributed by atoms with Crippen molar-refractivity contribution in [3.8, 4) is 0 Å². The van der Waals surface area contributed by atoms with Crippen molar-refractivity contribution in [2.75, 3.05) is 39.3 Å². The summed E-state index contributed by atoms with van der Waals surface area (Å²) in [7, 11) is 0. The summed E-state index contributed by atoms with van der Waals surface area (Å²) in [6.45, 7) is 4.51. The highest BCUT2D eigenvalue weighted by Crippen LogP contribution is 2.22. The molecule has 0 saturated carbocycles. The van der Waals surface area contributed by atoms with Gasteiger partial charge in [-0.3, -0.25) is 19.6 Å². The minimum atomic E-state index is -0.000884. The van der Waals surface area contributed by atoms with Gasteiger partial charge in [0, 0.05) is 67.0 Å². The smallest absolute Gasteiger partial charge is 0.254 e. The van der Waals surface area contributed by atoms with Crippen LogP contribution in [0.4, 0.5) is 0 Å². The number of aromatic nitrogens is 3. The molecule has 2 saturated heterocycles. The number of rotatable bonds is 4. The van der Waals surface area contributed by atoms with Crippen LogP contribution in [0, 0.1) is 0 Å². The highest BCUT2D eigenvalue weighted by atomic mass is 35.5. The molecule has 2 aliphatic rings. The van der Waals surface area contributed by atoms with Crippen molar-refractivity contribution in [1.82, 2.24) is 30.1 Å². The molecule has 2 fully saturated rings. The Labute approximate surface area is 213 Å². The second-order valence-electron chi connectivity index (χ2n) is 8.96. The lowest BCUT2D eigenvalue weighted by molar-refractivity contribution is -0.127. The molecular weight excluding hydrogens is 487 g/mol. The molecule has 3 aromatic rings. The number of benzene rings is 2. The molecule has 0 atom stereocenters. The van der Waals surface area contributed by atoms with Gasteiger partial charge in [0.15, 0.2) is 0 Å². The summed E-state index contributed by atoms with van der Waals surface area (Å²) in [4.78, 5) is 31.8. The Hall–Kier alpha value is -2.94. The maximum Gasteiger partial charge on any atom is 0.254 e. The van der Waals surface area contributed by atoms with E-state index in [1.807, 2.05) is 21.9 Å². The topological polar surface area (TPSA) is 85.4 Å². The first-order valence-electron chi connectivity index (χ1n) is 11.7. The summed E-state index contributed by atoms with van der Waals surface area (Å²) in [6, 6.07) is 11.1. The minimum Gasteiger partial charge on any atom is -0.339 e. The number of piperidine rings is 1. The quantitative estimate of drug-likeness (QED) is 0.538. The summed E-state index contributed by atoms with van der Waals surface area (Å²) in [6.07, 6.45) is 5.20. The van der Waals surface area contributed by atoms with Crippen LogP contribution in [0.2, 0.25) is 10.0 Å². The number of aromatic amines is 1. The van der Waals surface area contributed by atoms with Crippen LogP contribution in [-0.2, 0) is 4.79 Å². The number of carbonyl (C=O) groups excluding carboxylic acids is 2. The zero-order valence-electron chi connectivity index (χ0n) is 19.2. The second kappa shape index (κ2) is 10.4. The molecule has 2 aliphatic heterocycles. The predicted octanol–water partition coefficient (Wildman–Crippen LogP) is 3.73. The van der Waals surface area contributed by atoms with Gasteiger partial charge in [-0.15, -0.1) is 5.10 Å². The van der Waals surface area contributed by atoms with E-state index in [-0.39, 0.29) is 11.8 Å². The average molecular weight is 513 g/mol. The number of nitrogens with one attached hydrogen (secondary N) is 1. The van der Waals surface area contributed by atoms with Gasteiger partial charge in [-0.05, 0) is 60.9 Å². The van der Waals surface area contributed by atoms with Gasteiger partial charge < -0.3 is 9.80 Å². The number of amides is 2. The number of piperazine rings is 1. The lowest BCUT2D eigenvalue weighted by Gasteiger charge is -2.42. The Morgan fingerprint density at radius 2 is 1.63 bits per heavy atom. The number of likely N-dealkylation sites (tertiary alicyclic amines) is 1. The summed E-state index contributed by atoms with van der Waals surface area (Å²) in [5, 5.41) is 11.7. The highest BCUT2D eigenvalue weighted by molar-refractivity contribution is 6.34. The number of halogens is 2. The number of fused-ring (bicyclic) bond motifs is 1. The van der Waals surface area contributed by atoms with E-state index in [2.05, 4.69) is 20.3 Å². The van der Waals surface area contributed by atoms with E-state index in [9.17, 15) is 9.59 Å². The van der Waals surface area contributed by atoms with Gasteiger partial charge >= 0.3 is 0 Å². The summed E-state index contributed by atoms with van der Waals surface area (Å²) in [5.74, 6) is 0.0294. The first-order chi connectivity index (χ1) is 17.0. The third-order valence-electron chi connectivity index (χ3n) is 6.77. The van der Waals surface area contributed by atoms with E-state index >= 15 is 0 Å². The fourth-order valence-electron chi connectivity index (χ4n) is 4.84. The molecule has 2 amide bonds. The van der Waals surface area contributed by atoms with Gasteiger partial charge in [0.1, 0.15) is 5.52 Å². The molecule has 0 bridgehead atoms. The summed E-state index contributed by atoms with van der Waals surface area (Å²) < 4.78 is 0. The van der Waals surface area contributed by atoms with Crippen molar-refractivity contribution in [3.63, 3.8) is 0 Å². The van der Waals surface area contributed by atoms with Crippen molar-refractivity contribution >= 4 is 52.1 Å². The number of H-pyrrole nitrogens is 1. The second-order valence-corrected chi connectivity index (χ2v) is 9.84. The normalized spacial score (nSPS) is 18.0. The maximum atomic E-state index is 13.0. The van der Waals surface area contributed by atoms with Crippen molar-refractivity contribution in [2.24, 2.45) is 0 Å². The highest BCUT2D eigenvalue weighted by Gasteiger charge is 2.30. The number of carbonyl (C=O) groups is 2. The molecule has 2 aromatic carbocycles. The largest absolute Gasteiger partial charge is 0.339 e. The lowest BCUT2D eigenvalue weighted by Crippen LogP contribution is -2.54. The standard InChI is InChI=1S/C25H26Cl2N6O2/c26-19-13-17(14-20(27)16-19)1-4-24(34)32-7-5-21(6-8-32)31-9-11-33(12-10-31)25(35)18-2-3-22-23(15-18)29-30-28-22/h1-4,13-16,21H,5-12H2,(H,28,29,30). The van der Waals surface area contributed by atoms with Crippen LogP contribution >= 0.6 is 23.2 Å². The molecule has 8 nitrogen and oxygen atoms in total. The van der Waals surface area contributed by atoms with Gasteiger partial charge in [-0.2, -0.15) is 0 Å². The Balaban J connectivity index is 1.10. The summed E-state index contributed by atoms with van der Waals surface area (Å²) >= 11 is 12.1. The van der Waals surface area contributed by atoms with Gasteiger partial charge in [-0.25, -0.2) is 0 Å². The van der Waals surface area contributed by atoms with Crippen molar-refractivity contribution in [2.45, 2.75) is 18.9 Å². The summed E-state index contributed by atoms with van der Waals surface area (Å²) in [5.41, 5.74) is 2.96. The van der Waals surface area contributed by atoms with E-state index in [1.165, 1.54) is 0 Å². The third kappa shape index (κ3) is 5.50. The van der Waals surface area contributed by atoms with Gasteiger partial charge in [0.05, 0.1) is 5.52 Å². The van der Waals surface area contributed by atoms with E-state index < -0.39 is 0 Å². The monoisotopic (exact) mass is 512 g/mol. The molecule has 3 heterocycles. The zero-order chi connectivity index (χ0) is 24.4. The van der Waals surface area contributed by atoms with Crippen molar-refractivity contribution in [1.29, 1.82) is 0 Å². The van der Waals surface area contributed by atoms with E-state index in [0.717, 1.165) is 50.1 Å². The Bertz CT molecular complexity index is 1240. The molecule has 0 spiro atoms. The fourth-order valence-corrected chi connectivity index (χ4v) is 5.39. The van der Waals surface area contributed by atoms with E-state index in [4.69, 9.17) is 23.2 Å².